The second kappa shape index (κ2) is 3.58. The summed E-state index contributed by atoms with van der Waals surface area (Å²) >= 11 is 4.26. The van der Waals surface area contributed by atoms with Crippen molar-refractivity contribution in [3.63, 3.8) is 0 Å². The Balaban J connectivity index is 2.62. The molecule has 3 heteroatoms. The highest BCUT2D eigenvalue weighted by atomic mass is 32.1. The summed E-state index contributed by atoms with van der Waals surface area (Å²) < 4.78 is 0. The highest BCUT2D eigenvalue weighted by molar-refractivity contribution is 7.80. The van der Waals surface area contributed by atoms with Gasteiger partial charge in [0.05, 0.1) is 16.7 Å². The number of fused-ring (bicyclic) bond motifs is 1. The van der Waals surface area contributed by atoms with E-state index in [1.165, 1.54) is 0 Å². The number of nitrogens with zero attached hydrogens (tertiary/aromatic N) is 2. The Morgan fingerprint density at radius 2 is 2.00 bits per heavy atom. The van der Waals surface area contributed by atoms with Crippen LogP contribution < -0.4 is 0 Å². The number of hydrogen-bond acceptors (Lipinski definition) is 3. The van der Waals surface area contributed by atoms with Crippen molar-refractivity contribution in [3.8, 4) is 0 Å². The Kier molecular flexibility index (Phi) is 2.42. The van der Waals surface area contributed by atoms with Crippen molar-refractivity contribution in [1.29, 1.82) is 0 Å². The maximum Gasteiger partial charge on any atom is 0.0898 e. The van der Waals surface area contributed by atoms with Gasteiger partial charge in [-0.05, 0) is 24.1 Å². The molecule has 0 aliphatic heterocycles. The van der Waals surface area contributed by atoms with E-state index in [4.69, 9.17) is 0 Å². The van der Waals surface area contributed by atoms with Crippen LogP contribution in [0.15, 0.2) is 29.3 Å². The summed E-state index contributed by atoms with van der Waals surface area (Å²) in [6.07, 6.45) is 1.83. The van der Waals surface area contributed by atoms with Crippen molar-refractivity contribution in [2.75, 3.05) is 0 Å². The van der Waals surface area contributed by atoms with Gasteiger partial charge in [-0.1, -0.05) is 13.8 Å². The first kappa shape index (κ1) is 9.46. The van der Waals surface area contributed by atoms with E-state index in [1.807, 2.05) is 24.4 Å². The molecular formula is C11H12N2S. The van der Waals surface area contributed by atoms with Crippen LogP contribution in [0.3, 0.4) is 0 Å². The van der Waals surface area contributed by atoms with Gasteiger partial charge in [-0.2, -0.15) is 0 Å². The zero-order chi connectivity index (χ0) is 10.1. The largest absolute Gasteiger partial charge is 0.253 e. The Hall–Kier alpha value is -1.09. The summed E-state index contributed by atoms with van der Waals surface area (Å²) in [5.74, 6) is 0.419. The standard InChI is InChI=1S/C11H12N2S/c1-7(2)11-6-12-10-5-8(14)3-4-9(10)13-11/h3-7,14H,1-2H3. The van der Waals surface area contributed by atoms with Crippen LogP contribution in [-0.4, -0.2) is 9.97 Å². The molecular weight excluding hydrogens is 192 g/mol. The van der Waals surface area contributed by atoms with Gasteiger partial charge in [-0.25, -0.2) is 4.98 Å². The molecule has 1 heterocycles. The third-order valence-corrected chi connectivity index (χ3v) is 2.41. The van der Waals surface area contributed by atoms with Crippen LogP contribution >= 0.6 is 12.6 Å². The molecule has 14 heavy (non-hydrogen) atoms. The Bertz CT molecular complexity index is 466. The molecule has 0 unspecified atom stereocenters. The van der Waals surface area contributed by atoms with Crippen molar-refractivity contribution in [2.45, 2.75) is 24.7 Å². The molecule has 0 radical (unpaired) electrons. The van der Waals surface area contributed by atoms with E-state index in [2.05, 4.69) is 36.4 Å². The first-order chi connectivity index (χ1) is 6.66. The number of rotatable bonds is 1. The number of aromatic nitrogens is 2. The third kappa shape index (κ3) is 1.73. The lowest BCUT2D eigenvalue weighted by molar-refractivity contribution is 0.822. The topological polar surface area (TPSA) is 25.8 Å². The summed E-state index contributed by atoms with van der Waals surface area (Å²) in [5.41, 5.74) is 2.88. The van der Waals surface area contributed by atoms with Gasteiger partial charge in [-0.15, -0.1) is 12.6 Å². The van der Waals surface area contributed by atoms with Gasteiger partial charge in [0.25, 0.3) is 0 Å². The molecule has 2 nitrogen and oxygen atoms in total. The lowest BCUT2D eigenvalue weighted by atomic mass is 10.1. The normalized spacial score (nSPS) is 11.1. The minimum Gasteiger partial charge on any atom is -0.253 e. The summed E-state index contributed by atoms with van der Waals surface area (Å²) in [5, 5.41) is 0. The molecule has 2 rings (SSSR count). The fourth-order valence-electron chi connectivity index (χ4n) is 1.29. The lowest BCUT2D eigenvalue weighted by Crippen LogP contribution is -1.94. The van der Waals surface area contributed by atoms with Crippen molar-refractivity contribution >= 4 is 23.7 Å². The summed E-state index contributed by atoms with van der Waals surface area (Å²) in [4.78, 5) is 9.79. The maximum atomic E-state index is 4.52. The molecule has 0 saturated carbocycles. The molecule has 0 spiro atoms. The highest BCUT2D eigenvalue weighted by Crippen LogP contribution is 2.17. The third-order valence-electron chi connectivity index (χ3n) is 2.14. The van der Waals surface area contributed by atoms with Gasteiger partial charge < -0.3 is 0 Å². The molecule has 72 valence electrons. The quantitative estimate of drug-likeness (QED) is 0.722. The van der Waals surface area contributed by atoms with E-state index < -0.39 is 0 Å². The van der Waals surface area contributed by atoms with Crippen LogP contribution in [0.4, 0.5) is 0 Å². The predicted octanol–water partition coefficient (Wildman–Crippen LogP) is 3.04. The molecule has 0 bridgehead atoms. The second-order valence-electron chi connectivity index (χ2n) is 3.62. The number of benzene rings is 1. The van der Waals surface area contributed by atoms with E-state index in [1.54, 1.807) is 0 Å². The van der Waals surface area contributed by atoms with Gasteiger partial charge in [0.2, 0.25) is 0 Å². The number of thiol groups is 1. The molecule has 1 aromatic carbocycles. The second-order valence-corrected chi connectivity index (χ2v) is 4.14. The molecule has 0 aliphatic rings. The number of hydrogen-bond donors (Lipinski definition) is 1. The predicted molar refractivity (Wildman–Crippen MR) is 60.9 cm³/mol. The zero-order valence-corrected chi connectivity index (χ0v) is 9.12. The molecule has 0 fully saturated rings. The Morgan fingerprint density at radius 3 is 2.71 bits per heavy atom. The van der Waals surface area contributed by atoms with Gasteiger partial charge in [0.1, 0.15) is 0 Å². The van der Waals surface area contributed by atoms with Crippen LogP contribution in [0.5, 0.6) is 0 Å². The Labute approximate surface area is 88.8 Å². The fourth-order valence-corrected chi connectivity index (χ4v) is 1.49. The lowest BCUT2D eigenvalue weighted by Gasteiger charge is -2.04. The molecule has 0 N–H and O–H groups in total. The first-order valence-electron chi connectivity index (χ1n) is 4.62. The van der Waals surface area contributed by atoms with Gasteiger partial charge >= 0.3 is 0 Å². The van der Waals surface area contributed by atoms with Crippen molar-refractivity contribution in [3.05, 3.63) is 30.1 Å². The van der Waals surface area contributed by atoms with Crippen LogP contribution in [-0.2, 0) is 0 Å². The maximum absolute atomic E-state index is 4.52. The molecule has 1 aromatic heterocycles. The van der Waals surface area contributed by atoms with E-state index in [-0.39, 0.29) is 0 Å². The SMILES string of the molecule is CC(C)c1cnc2cc(S)ccc2n1. The zero-order valence-electron chi connectivity index (χ0n) is 8.23. The highest BCUT2D eigenvalue weighted by Gasteiger charge is 2.03. The molecule has 0 aliphatic carbocycles. The molecule has 0 saturated heterocycles. The van der Waals surface area contributed by atoms with Crippen molar-refractivity contribution < 1.29 is 0 Å². The molecule has 2 aromatic rings. The van der Waals surface area contributed by atoms with E-state index in [0.29, 0.717) is 5.92 Å². The van der Waals surface area contributed by atoms with Gasteiger partial charge in [0, 0.05) is 11.1 Å². The minimum atomic E-state index is 0.419. The van der Waals surface area contributed by atoms with E-state index in [0.717, 1.165) is 21.6 Å². The molecule has 0 amide bonds. The van der Waals surface area contributed by atoms with Crippen molar-refractivity contribution in [2.24, 2.45) is 0 Å². The molecule has 0 atom stereocenters. The summed E-state index contributed by atoms with van der Waals surface area (Å²) in [6, 6.07) is 5.82. The van der Waals surface area contributed by atoms with Crippen LogP contribution in [0.25, 0.3) is 11.0 Å². The van der Waals surface area contributed by atoms with E-state index >= 15 is 0 Å². The first-order valence-corrected chi connectivity index (χ1v) is 5.07. The average molecular weight is 204 g/mol. The van der Waals surface area contributed by atoms with Crippen LogP contribution in [0.2, 0.25) is 0 Å². The van der Waals surface area contributed by atoms with Gasteiger partial charge in [0.15, 0.2) is 0 Å². The fraction of sp³-hybridized carbons (Fsp3) is 0.273. The average Bonchev–Trinajstić information content (AvgIpc) is 2.16. The summed E-state index contributed by atoms with van der Waals surface area (Å²) in [7, 11) is 0. The van der Waals surface area contributed by atoms with Crippen LogP contribution in [0, 0.1) is 0 Å². The van der Waals surface area contributed by atoms with E-state index in [9.17, 15) is 0 Å². The monoisotopic (exact) mass is 204 g/mol. The van der Waals surface area contributed by atoms with Gasteiger partial charge in [-0.3, -0.25) is 4.98 Å². The van der Waals surface area contributed by atoms with Crippen LogP contribution in [0.1, 0.15) is 25.5 Å². The van der Waals surface area contributed by atoms with Crippen molar-refractivity contribution in [1.82, 2.24) is 9.97 Å². The minimum absolute atomic E-state index is 0.419. The summed E-state index contributed by atoms with van der Waals surface area (Å²) in [6.45, 7) is 4.23. The Morgan fingerprint density at radius 1 is 1.21 bits per heavy atom. The smallest absolute Gasteiger partial charge is 0.0898 e.